The Hall–Kier alpha value is -3.08. The highest BCUT2D eigenvalue weighted by Crippen LogP contribution is 2.26. The van der Waals surface area contributed by atoms with E-state index in [4.69, 9.17) is 4.74 Å². The number of phenolic OH excluding ortho intramolecular Hbond substituents is 1. The molecule has 0 saturated carbocycles. The van der Waals surface area contributed by atoms with Gasteiger partial charge < -0.3 is 15.2 Å². The van der Waals surface area contributed by atoms with Crippen molar-refractivity contribution in [2.75, 3.05) is 12.4 Å². The number of rotatable bonds is 5. The molecule has 1 amide bonds. The fourth-order valence-electron chi connectivity index (χ4n) is 2.04. The molecule has 2 aromatic carbocycles. The summed E-state index contributed by atoms with van der Waals surface area (Å²) in [6, 6.07) is 10.0. The van der Waals surface area contributed by atoms with E-state index in [1.165, 1.54) is 19.3 Å². The maximum atomic E-state index is 12.0. The van der Waals surface area contributed by atoms with Crippen LogP contribution in [0, 0.1) is 6.92 Å². The van der Waals surface area contributed by atoms with Crippen molar-refractivity contribution >= 4 is 24.0 Å². The van der Waals surface area contributed by atoms with Gasteiger partial charge in [-0.2, -0.15) is 0 Å². The van der Waals surface area contributed by atoms with Gasteiger partial charge in [0, 0.05) is 11.6 Å². The average Bonchev–Trinajstić information content (AvgIpc) is 2.53. The molecule has 0 heterocycles. The van der Waals surface area contributed by atoms with Gasteiger partial charge in [-0.15, -0.1) is 0 Å². The number of amides is 1. The molecule has 2 rings (SSSR count). The molecule has 5 nitrogen and oxygen atoms in total. The quantitative estimate of drug-likeness (QED) is 0.657. The SMILES string of the molecule is COc1ccc(/C=C/C(=O)Nc2cc(C)ccc2C=O)cc1O. The number of anilines is 1. The van der Waals surface area contributed by atoms with E-state index in [9.17, 15) is 14.7 Å². The van der Waals surface area contributed by atoms with Crippen LogP contribution in [-0.2, 0) is 4.79 Å². The minimum atomic E-state index is -0.367. The monoisotopic (exact) mass is 311 g/mol. The van der Waals surface area contributed by atoms with E-state index in [0.717, 1.165) is 5.56 Å². The van der Waals surface area contributed by atoms with Crippen molar-refractivity contribution in [3.05, 3.63) is 59.2 Å². The summed E-state index contributed by atoms with van der Waals surface area (Å²) >= 11 is 0. The average molecular weight is 311 g/mol. The lowest BCUT2D eigenvalue weighted by Gasteiger charge is -2.06. The van der Waals surface area contributed by atoms with Crippen molar-refractivity contribution in [2.45, 2.75) is 6.92 Å². The minimum Gasteiger partial charge on any atom is -0.504 e. The number of benzene rings is 2. The molecular formula is C18H17NO4. The van der Waals surface area contributed by atoms with Gasteiger partial charge in [-0.3, -0.25) is 9.59 Å². The highest BCUT2D eigenvalue weighted by atomic mass is 16.5. The highest BCUT2D eigenvalue weighted by Gasteiger charge is 2.05. The van der Waals surface area contributed by atoms with E-state index in [1.54, 1.807) is 36.4 Å². The van der Waals surface area contributed by atoms with Gasteiger partial charge in [0.05, 0.1) is 12.8 Å². The standard InChI is InChI=1S/C18H17NO4/c1-12-3-6-14(11-20)15(9-12)19-18(22)8-5-13-4-7-17(23-2)16(21)10-13/h3-11,21H,1-2H3,(H,19,22)/b8-5+. The summed E-state index contributed by atoms with van der Waals surface area (Å²) in [4.78, 5) is 23.0. The summed E-state index contributed by atoms with van der Waals surface area (Å²) in [6.07, 6.45) is 3.59. The first-order valence-electron chi connectivity index (χ1n) is 6.95. The van der Waals surface area contributed by atoms with E-state index < -0.39 is 0 Å². The Kier molecular flexibility index (Phi) is 5.15. The van der Waals surface area contributed by atoms with Crippen LogP contribution in [0.15, 0.2) is 42.5 Å². The summed E-state index contributed by atoms with van der Waals surface area (Å²) in [7, 11) is 1.46. The lowest BCUT2D eigenvalue weighted by atomic mass is 10.1. The Balaban J connectivity index is 2.12. The number of phenols is 1. The molecule has 0 radical (unpaired) electrons. The van der Waals surface area contributed by atoms with Crippen LogP contribution < -0.4 is 10.1 Å². The first-order valence-corrected chi connectivity index (χ1v) is 6.95. The number of ether oxygens (including phenoxy) is 1. The maximum Gasteiger partial charge on any atom is 0.248 e. The van der Waals surface area contributed by atoms with Gasteiger partial charge in [0.25, 0.3) is 0 Å². The molecule has 0 aromatic heterocycles. The Morgan fingerprint density at radius 1 is 1.22 bits per heavy atom. The molecule has 0 bridgehead atoms. The predicted molar refractivity (Wildman–Crippen MR) is 88.9 cm³/mol. The Labute approximate surface area is 134 Å². The zero-order chi connectivity index (χ0) is 16.8. The highest BCUT2D eigenvalue weighted by molar-refractivity contribution is 6.04. The van der Waals surface area contributed by atoms with E-state index in [2.05, 4.69) is 5.32 Å². The number of carbonyl (C=O) groups is 2. The van der Waals surface area contributed by atoms with Crippen LogP contribution in [0.5, 0.6) is 11.5 Å². The Bertz CT molecular complexity index is 766. The van der Waals surface area contributed by atoms with Gasteiger partial charge in [0.1, 0.15) is 0 Å². The number of hydrogen-bond donors (Lipinski definition) is 2. The van der Waals surface area contributed by atoms with Crippen LogP contribution in [0.2, 0.25) is 0 Å². The molecule has 118 valence electrons. The number of aryl methyl sites for hydroxylation is 1. The Morgan fingerprint density at radius 2 is 2.00 bits per heavy atom. The van der Waals surface area contributed by atoms with Gasteiger partial charge >= 0.3 is 0 Å². The lowest BCUT2D eigenvalue weighted by molar-refractivity contribution is -0.111. The predicted octanol–water partition coefficient (Wildman–Crippen LogP) is 3.17. The van der Waals surface area contributed by atoms with Crippen LogP contribution in [0.1, 0.15) is 21.5 Å². The molecule has 5 heteroatoms. The number of aldehydes is 1. The third kappa shape index (κ3) is 4.20. The zero-order valence-corrected chi connectivity index (χ0v) is 12.9. The van der Waals surface area contributed by atoms with E-state index in [1.807, 2.05) is 6.92 Å². The first-order chi connectivity index (χ1) is 11.0. The summed E-state index contributed by atoms with van der Waals surface area (Å²) in [5, 5.41) is 12.4. The van der Waals surface area contributed by atoms with Crippen molar-refractivity contribution in [3.8, 4) is 11.5 Å². The van der Waals surface area contributed by atoms with Crippen molar-refractivity contribution in [1.82, 2.24) is 0 Å². The van der Waals surface area contributed by atoms with Crippen molar-refractivity contribution in [2.24, 2.45) is 0 Å². The van der Waals surface area contributed by atoms with Gasteiger partial charge in [-0.05, 0) is 48.4 Å². The third-order valence-electron chi connectivity index (χ3n) is 3.22. The molecule has 0 aliphatic carbocycles. The van der Waals surface area contributed by atoms with E-state index >= 15 is 0 Å². The second-order valence-corrected chi connectivity index (χ2v) is 4.96. The van der Waals surface area contributed by atoms with Crippen molar-refractivity contribution in [3.63, 3.8) is 0 Å². The number of nitrogens with one attached hydrogen (secondary N) is 1. The minimum absolute atomic E-state index is 0.00279. The molecule has 0 aliphatic rings. The lowest BCUT2D eigenvalue weighted by Crippen LogP contribution is -2.09. The van der Waals surface area contributed by atoms with Crippen LogP contribution in [0.3, 0.4) is 0 Å². The molecule has 0 aliphatic heterocycles. The molecule has 0 saturated heterocycles. The summed E-state index contributed by atoms with van der Waals surface area (Å²) < 4.78 is 4.95. The maximum absolute atomic E-state index is 12.0. The second-order valence-electron chi connectivity index (χ2n) is 4.96. The molecule has 2 aromatic rings. The smallest absolute Gasteiger partial charge is 0.248 e. The van der Waals surface area contributed by atoms with Crippen LogP contribution >= 0.6 is 0 Å². The van der Waals surface area contributed by atoms with E-state index in [-0.39, 0.29) is 11.7 Å². The second kappa shape index (κ2) is 7.26. The Morgan fingerprint density at radius 3 is 2.65 bits per heavy atom. The van der Waals surface area contributed by atoms with Gasteiger partial charge in [-0.1, -0.05) is 12.1 Å². The van der Waals surface area contributed by atoms with Crippen LogP contribution in [-0.4, -0.2) is 24.4 Å². The molecular weight excluding hydrogens is 294 g/mol. The fourth-order valence-corrected chi connectivity index (χ4v) is 2.04. The summed E-state index contributed by atoms with van der Waals surface area (Å²) in [6.45, 7) is 1.88. The number of methoxy groups -OCH3 is 1. The fraction of sp³-hybridized carbons (Fsp3) is 0.111. The molecule has 0 spiro atoms. The molecule has 23 heavy (non-hydrogen) atoms. The van der Waals surface area contributed by atoms with Crippen molar-refractivity contribution < 1.29 is 19.4 Å². The summed E-state index contributed by atoms with van der Waals surface area (Å²) in [5.74, 6) is -0.00650. The first kappa shape index (κ1) is 16.3. The topological polar surface area (TPSA) is 75.6 Å². The van der Waals surface area contributed by atoms with Crippen LogP contribution in [0.25, 0.3) is 6.08 Å². The van der Waals surface area contributed by atoms with E-state index in [0.29, 0.717) is 28.8 Å². The largest absolute Gasteiger partial charge is 0.504 e. The zero-order valence-electron chi connectivity index (χ0n) is 12.9. The van der Waals surface area contributed by atoms with Crippen molar-refractivity contribution in [1.29, 1.82) is 0 Å². The molecule has 0 atom stereocenters. The number of aromatic hydroxyl groups is 1. The van der Waals surface area contributed by atoms with Gasteiger partial charge in [-0.25, -0.2) is 0 Å². The number of carbonyl (C=O) groups excluding carboxylic acids is 2. The molecule has 0 unspecified atom stereocenters. The third-order valence-corrected chi connectivity index (χ3v) is 3.22. The number of hydrogen-bond acceptors (Lipinski definition) is 4. The molecule has 2 N–H and O–H groups in total. The summed E-state index contributed by atoms with van der Waals surface area (Å²) in [5.41, 5.74) is 2.47. The van der Waals surface area contributed by atoms with Crippen LogP contribution in [0.4, 0.5) is 5.69 Å². The molecule has 0 fully saturated rings. The normalized spacial score (nSPS) is 10.5. The van der Waals surface area contributed by atoms with Gasteiger partial charge in [0.15, 0.2) is 17.8 Å². The van der Waals surface area contributed by atoms with Gasteiger partial charge in [0.2, 0.25) is 5.91 Å².